The predicted octanol–water partition coefficient (Wildman–Crippen LogP) is 4.34. The average molecular weight is 320 g/mol. The van der Waals surface area contributed by atoms with Gasteiger partial charge in [-0.05, 0) is 25.0 Å². The van der Waals surface area contributed by atoms with Crippen LogP contribution >= 0.6 is 23.2 Å². The SMILES string of the molecule is CCCCC(OC(N)=O)C(OC)c1ccc(Cl)cc1Cl. The molecule has 0 aromatic heterocycles. The van der Waals surface area contributed by atoms with Gasteiger partial charge in [-0.25, -0.2) is 4.79 Å². The molecule has 0 bridgehead atoms. The van der Waals surface area contributed by atoms with E-state index in [1.807, 2.05) is 0 Å². The number of ether oxygens (including phenoxy) is 2. The lowest BCUT2D eigenvalue weighted by atomic mass is 9.99. The van der Waals surface area contributed by atoms with Gasteiger partial charge >= 0.3 is 6.09 Å². The molecule has 1 amide bonds. The van der Waals surface area contributed by atoms with Crippen molar-refractivity contribution < 1.29 is 14.3 Å². The van der Waals surface area contributed by atoms with E-state index in [1.165, 1.54) is 0 Å². The van der Waals surface area contributed by atoms with Gasteiger partial charge in [0.25, 0.3) is 0 Å². The zero-order valence-corrected chi connectivity index (χ0v) is 13.1. The third-order valence-corrected chi connectivity index (χ3v) is 3.53. The molecule has 0 saturated carbocycles. The maximum atomic E-state index is 11.1. The molecule has 2 N–H and O–H groups in total. The van der Waals surface area contributed by atoms with Crippen LogP contribution < -0.4 is 5.73 Å². The maximum Gasteiger partial charge on any atom is 0.404 e. The molecule has 0 aliphatic carbocycles. The molecule has 0 radical (unpaired) electrons. The Labute approximate surface area is 129 Å². The summed E-state index contributed by atoms with van der Waals surface area (Å²) in [5.74, 6) is 0. The zero-order valence-electron chi connectivity index (χ0n) is 11.6. The first-order chi connectivity index (χ1) is 9.49. The van der Waals surface area contributed by atoms with Crippen molar-refractivity contribution in [3.63, 3.8) is 0 Å². The number of unbranched alkanes of at least 4 members (excludes halogenated alkanes) is 1. The minimum Gasteiger partial charge on any atom is -0.443 e. The third-order valence-electron chi connectivity index (χ3n) is 2.97. The van der Waals surface area contributed by atoms with Gasteiger partial charge in [0.1, 0.15) is 12.2 Å². The molecule has 2 atom stereocenters. The molecule has 0 spiro atoms. The van der Waals surface area contributed by atoms with Gasteiger partial charge < -0.3 is 15.2 Å². The molecule has 2 unspecified atom stereocenters. The Balaban J connectivity index is 3.01. The van der Waals surface area contributed by atoms with Crippen LogP contribution in [0.5, 0.6) is 0 Å². The number of primary amides is 1. The molecule has 4 nitrogen and oxygen atoms in total. The number of methoxy groups -OCH3 is 1. The monoisotopic (exact) mass is 319 g/mol. The first kappa shape index (κ1) is 17.1. The van der Waals surface area contributed by atoms with Crippen LogP contribution in [0.4, 0.5) is 4.79 Å². The first-order valence-electron chi connectivity index (χ1n) is 6.43. The number of benzene rings is 1. The first-order valence-corrected chi connectivity index (χ1v) is 7.19. The third kappa shape index (κ3) is 4.85. The average Bonchev–Trinajstić information content (AvgIpc) is 2.38. The summed E-state index contributed by atoms with van der Waals surface area (Å²) >= 11 is 12.1. The van der Waals surface area contributed by atoms with E-state index in [9.17, 15) is 4.79 Å². The van der Waals surface area contributed by atoms with Crippen molar-refractivity contribution in [2.75, 3.05) is 7.11 Å². The zero-order chi connectivity index (χ0) is 15.1. The van der Waals surface area contributed by atoms with E-state index >= 15 is 0 Å². The van der Waals surface area contributed by atoms with E-state index in [1.54, 1.807) is 25.3 Å². The number of nitrogens with two attached hydrogens (primary N) is 1. The summed E-state index contributed by atoms with van der Waals surface area (Å²) in [4.78, 5) is 11.1. The molecule has 1 rings (SSSR count). The van der Waals surface area contributed by atoms with E-state index in [4.69, 9.17) is 38.4 Å². The van der Waals surface area contributed by atoms with Gasteiger partial charge in [-0.2, -0.15) is 0 Å². The standard InChI is InChI=1S/C14H19Cl2NO3/c1-3-4-5-12(20-14(17)18)13(19-2)10-7-6-9(15)8-11(10)16/h6-8,12-13H,3-5H2,1-2H3,(H2,17,18). The number of rotatable bonds is 7. The number of amides is 1. The molecule has 112 valence electrons. The minimum absolute atomic E-state index is 0.471. The van der Waals surface area contributed by atoms with Crippen LogP contribution in [-0.4, -0.2) is 19.3 Å². The van der Waals surface area contributed by atoms with Gasteiger partial charge in [0.05, 0.1) is 0 Å². The Kier molecular flexibility index (Phi) is 7.13. The second kappa shape index (κ2) is 8.35. The molecule has 0 heterocycles. The molecular formula is C14H19Cl2NO3. The highest BCUT2D eigenvalue weighted by atomic mass is 35.5. The van der Waals surface area contributed by atoms with Gasteiger partial charge in [-0.15, -0.1) is 0 Å². The summed E-state index contributed by atoms with van der Waals surface area (Å²) in [7, 11) is 1.54. The molecule has 1 aromatic carbocycles. The molecule has 20 heavy (non-hydrogen) atoms. The molecule has 0 saturated heterocycles. The number of hydrogen-bond donors (Lipinski definition) is 1. The van der Waals surface area contributed by atoms with E-state index in [0.29, 0.717) is 16.5 Å². The van der Waals surface area contributed by atoms with Crippen LogP contribution in [0.3, 0.4) is 0 Å². The van der Waals surface area contributed by atoms with Crippen LogP contribution in [0.2, 0.25) is 10.0 Å². The molecule has 6 heteroatoms. The normalized spacial score (nSPS) is 13.8. The van der Waals surface area contributed by atoms with Crippen molar-refractivity contribution in [2.45, 2.75) is 38.4 Å². The summed E-state index contributed by atoms with van der Waals surface area (Å²) in [6, 6.07) is 5.11. The predicted molar refractivity (Wildman–Crippen MR) is 80.2 cm³/mol. The van der Waals surface area contributed by atoms with Crippen LogP contribution in [0.1, 0.15) is 37.9 Å². The number of hydrogen-bond acceptors (Lipinski definition) is 3. The van der Waals surface area contributed by atoms with Gasteiger partial charge in [0.15, 0.2) is 0 Å². The van der Waals surface area contributed by atoms with Crippen molar-refractivity contribution >= 4 is 29.3 Å². The van der Waals surface area contributed by atoms with E-state index in [-0.39, 0.29) is 0 Å². The lowest BCUT2D eigenvalue weighted by Crippen LogP contribution is -2.29. The Morgan fingerprint density at radius 3 is 2.60 bits per heavy atom. The Bertz CT molecular complexity index is 454. The fourth-order valence-corrected chi connectivity index (χ4v) is 2.55. The second-order valence-corrected chi connectivity index (χ2v) is 5.28. The van der Waals surface area contributed by atoms with E-state index < -0.39 is 18.3 Å². The number of carbonyl (C=O) groups excluding carboxylic acids is 1. The van der Waals surface area contributed by atoms with Crippen LogP contribution in [0.15, 0.2) is 18.2 Å². The highest BCUT2D eigenvalue weighted by molar-refractivity contribution is 6.35. The Morgan fingerprint density at radius 1 is 1.40 bits per heavy atom. The number of carbonyl (C=O) groups is 1. The van der Waals surface area contributed by atoms with Crippen molar-refractivity contribution in [1.29, 1.82) is 0 Å². The van der Waals surface area contributed by atoms with Gasteiger partial charge in [0, 0.05) is 22.7 Å². The summed E-state index contributed by atoms with van der Waals surface area (Å²) in [6.45, 7) is 2.05. The highest BCUT2D eigenvalue weighted by Crippen LogP contribution is 2.33. The lowest BCUT2D eigenvalue weighted by Gasteiger charge is -2.26. The van der Waals surface area contributed by atoms with Crippen molar-refractivity contribution in [2.24, 2.45) is 5.73 Å². The minimum atomic E-state index is -0.821. The molecular weight excluding hydrogens is 301 g/mol. The summed E-state index contributed by atoms with van der Waals surface area (Å²) < 4.78 is 10.6. The smallest absolute Gasteiger partial charge is 0.404 e. The molecule has 0 aliphatic heterocycles. The fourth-order valence-electron chi connectivity index (χ4n) is 2.04. The fraction of sp³-hybridized carbons (Fsp3) is 0.500. The Hall–Kier alpha value is -0.970. The molecule has 1 aromatic rings. The molecule has 0 aliphatic rings. The topological polar surface area (TPSA) is 61.5 Å². The molecule has 0 fully saturated rings. The van der Waals surface area contributed by atoms with Crippen molar-refractivity contribution in [3.8, 4) is 0 Å². The van der Waals surface area contributed by atoms with Crippen LogP contribution in [0, 0.1) is 0 Å². The van der Waals surface area contributed by atoms with Crippen molar-refractivity contribution in [3.05, 3.63) is 33.8 Å². The summed E-state index contributed by atoms with van der Waals surface area (Å²) in [5, 5.41) is 1.01. The highest BCUT2D eigenvalue weighted by Gasteiger charge is 2.27. The van der Waals surface area contributed by atoms with E-state index in [2.05, 4.69) is 6.92 Å². The Morgan fingerprint density at radius 2 is 2.10 bits per heavy atom. The van der Waals surface area contributed by atoms with Crippen LogP contribution in [0.25, 0.3) is 0 Å². The second-order valence-electron chi connectivity index (χ2n) is 4.44. The van der Waals surface area contributed by atoms with E-state index in [0.717, 1.165) is 18.4 Å². The summed E-state index contributed by atoms with van der Waals surface area (Å²) in [5.41, 5.74) is 5.85. The van der Waals surface area contributed by atoms with Gasteiger partial charge in [-0.3, -0.25) is 0 Å². The maximum absolute atomic E-state index is 11.1. The van der Waals surface area contributed by atoms with Crippen molar-refractivity contribution in [1.82, 2.24) is 0 Å². The van der Waals surface area contributed by atoms with Gasteiger partial charge in [-0.1, -0.05) is 42.6 Å². The lowest BCUT2D eigenvalue weighted by molar-refractivity contribution is -0.0256. The quantitative estimate of drug-likeness (QED) is 0.813. The van der Waals surface area contributed by atoms with Gasteiger partial charge in [0.2, 0.25) is 0 Å². The number of halogens is 2. The summed E-state index contributed by atoms with van der Waals surface area (Å²) in [6.07, 6.45) is 0.747. The van der Waals surface area contributed by atoms with Crippen LogP contribution in [-0.2, 0) is 9.47 Å². The largest absolute Gasteiger partial charge is 0.443 e.